The van der Waals surface area contributed by atoms with E-state index in [1.807, 2.05) is 12.1 Å². The third-order valence-corrected chi connectivity index (χ3v) is 3.39. The van der Waals surface area contributed by atoms with Gasteiger partial charge in [0.1, 0.15) is 0 Å². The third kappa shape index (κ3) is 3.42. The van der Waals surface area contributed by atoms with Crippen molar-refractivity contribution in [1.29, 1.82) is 0 Å². The molecule has 0 saturated carbocycles. The van der Waals surface area contributed by atoms with E-state index in [2.05, 4.69) is 22.2 Å². The van der Waals surface area contributed by atoms with Crippen LogP contribution in [0.5, 0.6) is 0 Å². The summed E-state index contributed by atoms with van der Waals surface area (Å²) in [6.45, 7) is 2.73. The Labute approximate surface area is 116 Å². The molecule has 0 radical (unpaired) electrons. The predicted octanol–water partition coefficient (Wildman–Crippen LogP) is 3.63. The zero-order valence-corrected chi connectivity index (χ0v) is 11.4. The van der Waals surface area contributed by atoms with Crippen LogP contribution in [0.25, 0.3) is 0 Å². The number of hydrogen-bond acceptors (Lipinski definition) is 3. The van der Waals surface area contributed by atoms with Crippen LogP contribution in [0.2, 0.25) is 10.0 Å². The summed E-state index contributed by atoms with van der Waals surface area (Å²) in [5, 5.41) is 4.50. The lowest BCUT2D eigenvalue weighted by Crippen LogP contribution is -2.18. The molecule has 1 aromatic heterocycles. The second-order valence-electron chi connectivity index (χ2n) is 3.97. The summed E-state index contributed by atoms with van der Waals surface area (Å²) in [5.41, 5.74) is 2.00. The average molecular weight is 282 g/mol. The minimum absolute atomic E-state index is 0.168. The summed E-state index contributed by atoms with van der Waals surface area (Å²) in [7, 11) is 0. The lowest BCUT2D eigenvalue weighted by Gasteiger charge is -2.14. The number of hydrogen-bond donors (Lipinski definition) is 1. The number of nitrogens with zero attached hydrogens (tertiary/aromatic N) is 2. The van der Waals surface area contributed by atoms with Crippen LogP contribution in [0.15, 0.2) is 36.8 Å². The Bertz CT molecular complexity index is 517. The molecule has 1 aromatic carbocycles. The van der Waals surface area contributed by atoms with Gasteiger partial charge in [0.2, 0.25) is 0 Å². The molecule has 1 atom stereocenters. The highest BCUT2D eigenvalue weighted by atomic mass is 35.5. The van der Waals surface area contributed by atoms with Crippen molar-refractivity contribution in [2.24, 2.45) is 0 Å². The van der Waals surface area contributed by atoms with Crippen molar-refractivity contribution in [2.75, 3.05) is 0 Å². The van der Waals surface area contributed by atoms with Gasteiger partial charge < -0.3 is 5.32 Å². The van der Waals surface area contributed by atoms with E-state index >= 15 is 0 Å². The van der Waals surface area contributed by atoms with Gasteiger partial charge in [0, 0.05) is 31.2 Å². The summed E-state index contributed by atoms with van der Waals surface area (Å²) in [6.07, 6.45) is 5.08. The monoisotopic (exact) mass is 281 g/mol. The van der Waals surface area contributed by atoms with E-state index in [4.69, 9.17) is 23.2 Å². The van der Waals surface area contributed by atoms with Crippen molar-refractivity contribution in [2.45, 2.75) is 19.5 Å². The molecule has 0 bridgehead atoms. The lowest BCUT2D eigenvalue weighted by atomic mass is 10.1. The van der Waals surface area contributed by atoms with Crippen LogP contribution >= 0.6 is 23.2 Å². The van der Waals surface area contributed by atoms with E-state index in [0.29, 0.717) is 16.6 Å². The first-order chi connectivity index (χ1) is 8.66. The fraction of sp³-hybridized carbons (Fsp3) is 0.231. The molecular weight excluding hydrogens is 269 g/mol. The van der Waals surface area contributed by atoms with Gasteiger partial charge in [0.15, 0.2) is 0 Å². The summed E-state index contributed by atoms with van der Waals surface area (Å²) < 4.78 is 0. The molecule has 5 heteroatoms. The molecule has 18 heavy (non-hydrogen) atoms. The fourth-order valence-electron chi connectivity index (χ4n) is 1.58. The molecule has 1 heterocycles. The molecule has 0 spiro atoms. The fourth-order valence-corrected chi connectivity index (χ4v) is 1.89. The third-order valence-electron chi connectivity index (χ3n) is 2.65. The Morgan fingerprint density at radius 1 is 1.22 bits per heavy atom. The maximum atomic E-state index is 5.99. The summed E-state index contributed by atoms with van der Waals surface area (Å²) in [6, 6.07) is 5.81. The average Bonchev–Trinajstić information content (AvgIpc) is 2.40. The van der Waals surface area contributed by atoms with Crippen LogP contribution < -0.4 is 5.32 Å². The minimum atomic E-state index is 0.168. The number of halogens is 2. The molecule has 2 rings (SSSR count). The molecule has 1 N–H and O–H groups in total. The van der Waals surface area contributed by atoms with Crippen molar-refractivity contribution < 1.29 is 0 Å². The topological polar surface area (TPSA) is 37.8 Å². The maximum absolute atomic E-state index is 5.99. The normalized spacial score (nSPS) is 12.4. The van der Waals surface area contributed by atoms with Gasteiger partial charge in [-0.05, 0) is 24.6 Å². The summed E-state index contributed by atoms with van der Waals surface area (Å²) in [5.74, 6) is 0. The zero-order valence-electron chi connectivity index (χ0n) is 9.90. The van der Waals surface area contributed by atoms with E-state index in [-0.39, 0.29) is 6.04 Å². The Kier molecular flexibility index (Phi) is 4.53. The van der Waals surface area contributed by atoms with Gasteiger partial charge in [0.05, 0.1) is 15.7 Å². The van der Waals surface area contributed by atoms with Crippen LogP contribution in [0, 0.1) is 0 Å². The number of aromatic nitrogens is 2. The number of nitrogens with one attached hydrogen (secondary N) is 1. The van der Waals surface area contributed by atoms with E-state index in [0.717, 1.165) is 11.3 Å². The summed E-state index contributed by atoms with van der Waals surface area (Å²) in [4.78, 5) is 8.22. The van der Waals surface area contributed by atoms with Gasteiger partial charge in [0.25, 0.3) is 0 Å². The quantitative estimate of drug-likeness (QED) is 0.930. The van der Waals surface area contributed by atoms with Crippen molar-refractivity contribution in [3.8, 4) is 0 Å². The highest BCUT2D eigenvalue weighted by Gasteiger charge is 2.07. The van der Waals surface area contributed by atoms with Crippen LogP contribution in [-0.2, 0) is 6.54 Å². The van der Waals surface area contributed by atoms with Crippen molar-refractivity contribution in [3.05, 3.63) is 58.1 Å². The Morgan fingerprint density at radius 2 is 2.06 bits per heavy atom. The highest BCUT2D eigenvalue weighted by molar-refractivity contribution is 6.42. The second-order valence-corrected chi connectivity index (χ2v) is 4.79. The number of benzene rings is 1. The lowest BCUT2D eigenvalue weighted by molar-refractivity contribution is 0.566. The molecule has 0 amide bonds. The summed E-state index contributed by atoms with van der Waals surface area (Å²) >= 11 is 11.9. The van der Waals surface area contributed by atoms with Crippen molar-refractivity contribution >= 4 is 23.2 Å². The first-order valence-corrected chi connectivity index (χ1v) is 6.35. The van der Waals surface area contributed by atoms with Gasteiger partial charge in [-0.2, -0.15) is 0 Å². The van der Waals surface area contributed by atoms with E-state index < -0.39 is 0 Å². The zero-order chi connectivity index (χ0) is 13.0. The molecule has 0 saturated heterocycles. The predicted molar refractivity (Wildman–Crippen MR) is 73.7 cm³/mol. The van der Waals surface area contributed by atoms with Crippen molar-refractivity contribution in [3.63, 3.8) is 0 Å². The van der Waals surface area contributed by atoms with Crippen LogP contribution in [-0.4, -0.2) is 9.97 Å². The van der Waals surface area contributed by atoms with Crippen molar-refractivity contribution in [1.82, 2.24) is 15.3 Å². The van der Waals surface area contributed by atoms with Gasteiger partial charge in [-0.3, -0.25) is 9.97 Å². The number of rotatable bonds is 4. The molecule has 2 aromatic rings. The van der Waals surface area contributed by atoms with Crippen LogP contribution in [0.1, 0.15) is 24.2 Å². The SMILES string of the molecule is CC(NCc1cnccn1)c1ccc(Cl)c(Cl)c1. The van der Waals surface area contributed by atoms with Gasteiger partial charge >= 0.3 is 0 Å². The smallest absolute Gasteiger partial charge is 0.0724 e. The van der Waals surface area contributed by atoms with Gasteiger partial charge in [-0.15, -0.1) is 0 Å². The van der Waals surface area contributed by atoms with Gasteiger partial charge in [-0.1, -0.05) is 29.3 Å². The molecule has 0 aliphatic rings. The second kappa shape index (κ2) is 6.14. The van der Waals surface area contributed by atoms with E-state index in [9.17, 15) is 0 Å². The molecule has 0 fully saturated rings. The molecule has 0 aliphatic heterocycles. The van der Waals surface area contributed by atoms with E-state index in [1.165, 1.54) is 0 Å². The van der Waals surface area contributed by atoms with Crippen LogP contribution in [0.3, 0.4) is 0 Å². The largest absolute Gasteiger partial charge is 0.305 e. The molecular formula is C13H13Cl2N3. The minimum Gasteiger partial charge on any atom is -0.305 e. The highest BCUT2D eigenvalue weighted by Crippen LogP contribution is 2.25. The Balaban J connectivity index is 1.99. The molecule has 1 unspecified atom stereocenters. The Morgan fingerprint density at radius 3 is 2.72 bits per heavy atom. The standard InChI is InChI=1S/C13H13Cl2N3/c1-9(10-2-3-12(14)13(15)6-10)18-8-11-7-16-4-5-17-11/h2-7,9,18H,8H2,1H3. The van der Waals surface area contributed by atoms with Gasteiger partial charge in [-0.25, -0.2) is 0 Å². The molecule has 0 aliphatic carbocycles. The molecule has 94 valence electrons. The maximum Gasteiger partial charge on any atom is 0.0724 e. The Hall–Kier alpha value is -1.16. The molecule has 3 nitrogen and oxygen atoms in total. The first kappa shape index (κ1) is 13.3. The van der Waals surface area contributed by atoms with Crippen LogP contribution in [0.4, 0.5) is 0 Å². The first-order valence-electron chi connectivity index (χ1n) is 5.60. The van der Waals surface area contributed by atoms with E-state index in [1.54, 1.807) is 24.7 Å².